The number of halogens is 1. The lowest BCUT2D eigenvalue weighted by molar-refractivity contribution is 0.103. The summed E-state index contributed by atoms with van der Waals surface area (Å²) in [7, 11) is 0. The van der Waals surface area contributed by atoms with Crippen LogP contribution in [0.1, 0.15) is 15.2 Å². The normalized spacial score (nSPS) is 10.2. The molecule has 1 aromatic heterocycles. The summed E-state index contributed by atoms with van der Waals surface area (Å²) in [6.45, 7) is 1.93. The maximum atomic E-state index is 11.8. The number of anilines is 2. The number of thiazole rings is 1. The lowest BCUT2D eigenvalue weighted by Crippen LogP contribution is -2.10. The molecule has 0 aliphatic carbocycles. The standard InChI is InChI=1S/C11H10ClN3OS/c1-6-2-3-8(7(12)4-6)15-10(16)9-5-14-11(13)17-9/h2-5H,1H3,(H2,13,14)(H,15,16). The van der Waals surface area contributed by atoms with Crippen molar-refractivity contribution in [3.8, 4) is 0 Å². The zero-order valence-corrected chi connectivity index (χ0v) is 10.6. The van der Waals surface area contributed by atoms with Gasteiger partial charge in [-0.25, -0.2) is 4.98 Å². The Bertz CT molecular complexity index is 568. The van der Waals surface area contributed by atoms with E-state index in [0.29, 0.717) is 20.7 Å². The van der Waals surface area contributed by atoms with Gasteiger partial charge in [0, 0.05) is 0 Å². The van der Waals surface area contributed by atoms with Crippen molar-refractivity contribution in [2.24, 2.45) is 0 Å². The Morgan fingerprint density at radius 2 is 2.29 bits per heavy atom. The van der Waals surface area contributed by atoms with E-state index in [1.165, 1.54) is 6.20 Å². The minimum absolute atomic E-state index is 0.259. The van der Waals surface area contributed by atoms with Crippen LogP contribution in [0.4, 0.5) is 10.8 Å². The number of hydrogen-bond donors (Lipinski definition) is 2. The van der Waals surface area contributed by atoms with Crippen LogP contribution < -0.4 is 11.1 Å². The Balaban J connectivity index is 2.18. The molecule has 17 heavy (non-hydrogen) atoms. The molecular formula is C11H10ClN3OS. The molecule has 0 aliphatic rings. The van der Waals surface area contributed by atoms with Crippen molar-refractivity contribution in [2.45, 2.75) is 6.92 Å². The number of aryl methyl sites for hydroxylation is 1. The third-order valence-corrected chi connectivity index (χ3v) is 3.26. The third kappa shape index (κ3) is 2.75. The highest BCUT2D eigenvalue weighted by Crippen LogP contribution is 2.24. The minimum atomic E-state index is -0.259. The van der Waals surface area contributed by atoms with Gasteiger partial charge in [-0.3, -0.25) is 4.79 Å². The number of nitrogen functional groups attached to an aromatic ring is 1. The second-order valence-electron chi connectivity index (χ2n) is 3.50. The van der Waals surface area contributed by atoms with Crippen LogP contribution in [0.3, 0.4) is 0 Å². The largest absolute Gasteiger partial charge is 0.375 e. The second-order valence-corrected chi connectivity index (χ2v) is 4.97. The van der Waals surface area contributed by atoms with E-state index in [2.05, 4.69) is 10.3 Å². The summed E-state index contributed by atoms with van der Waals surface area (Å²) in [6, 6.07) is 5.43. The molecule has 3 N–H and O–H groups in total. The summed E-state index contributed by atoms with van der Waals surface area (Å²) in [5.41, 5.74) is 7.08. The second kappa shape index (κ2) is 4.73. The molecule has 1 heterocycles. The lowest BCUT2D eigenvalue weighted by Gasteiger charge is -2.06. The Morgan fingerprint density at radius 3 is 2.88 bits per heavy atom. The fourth-order valence-electron chi connectivity index (χ4n) is 1.30. The molecule has 2 aromatic rings. The molecule has 0 bridgehead atoms. The van der Waals surface area contributed by atoms with Crippen LogP contribution in [-0.4, -0.2) is 10.9 Å². The average Bonchev–Trinajstić information content (AvgIpc) is 2.69. The van der Waals surface area contributed by atoms with Crippen LogP contribution in [0.5, 0.6) is 0 Å². The number of benzene rings is 1. The Kier molecular flexibility index (Phi) is 3.31. The number of hydrogen-bond acceptors (Lipinski definition) is 4. The number of rotatable bonds is 2. The van der Waals surface area contributed by atoms with E-state index in [-0.39, 0.29) is 5.91 Å². The van der Waals surface area contributed by atoms with Gasteiger partial charge < -0.3 is 11.1 Å². The first kappa shape index (κ1) is 11.9. The van der Waals surface area contributed by atoms with Gasteiger partial charge >= 0.3 is 0 Å². The Hall–Kier alpha value is -1.59. The summed E-state index contributed by atoms with van der Waals surface area (Å²) < 4.78 is 0. The zero-order valence-electron chi connectivity index (χ0n) is 9.03. The van der Waals surface area contributed by atoms with Gasteiger partial charge in [-0.2, -0.15) is 0 Å². The van der Waals surface area contributed by atoms with E-state index in [1.807, 2.05) is 13.0 Å². The number of nitrogens with one attached hydrogen (secondary N) is 1. The van der Waals surface area contributed by atoms with Gasteiger partial charge in [-0.1, -0.05) is 29.0 Å². The Morgan fingerprint density at radius 1 is 1.53 bits per heavy atom. The molecule has 0 spiro atoms. The van der Waals surface area contributed by atoms with Crippen LogP contribution in [0.15, 0.2) is 24.4 Å². The van der Waals surface area contributed by atoms with Gasteiger partial charge in [0.1, 0.15) is 4.88 Å². The predicted molar refractivity (Wildman–Crippen MR) is 70.7 cm³/mol. The molecule has 0 fully saturated rings. The van der Waals surface area contributed by atoms with Crippen LogP contribution in [0, 0.1) is 6.92 Å². The quantitative estimate of drug-likeness (QED) is 0.879. The molecule has 0 atom stereocenters. The minimum Gasteiger partial charge on any atom is -0.375 e. The topological polar surface area (TPSA) is 68.0 Å². The molecule has 0 radical (unpaired) electrons. The summed E-state index contributed by atoms with van der Waals surface area (Å²) in [5, 5.41) is 3.59. The van der Waals surface area contributed by atoms with Crippen molar-refractivity contribution in [3.63, 3.8) is 0 Å². The van der Waals surface area contributed by atoms with Crippen LogP contribution in [0.25, 0.3) is 0 Å². The van der Waals surface area contributed by atoms with Crippen LogP contribution >= 0.6 is 22.9 Å². The number of nitrogens with two attached hydrogens (primary N) is 1. The highest BCUT2D eigenvalue weighted by molar-refractivity contribution is 7.17. The summed E-state index contributed by atoms with van der Waals surface area (Å²) in [6.07, 6.45) is 1.44. The highest BCUT2D eigenvalue weighted by atomic mass is 35.5. The van der Waals surface area contributed by atoms with Gasteiger partial charge in [0.05, 0.1) is 16.9 Å². The van der Waals surface area contributed by atoms with Gasteiger partial charge in [-0.05, 0) is 24.6 Å². The van der Waals surface area contributed by atoms with E-state index in [9.17, 15) is 4.79 Å². The molecule has 0 saturated carbocycles. The number of amides is 1. The number of carbonyl (C=O) groups excluding carboxylic acids is 1. The van der Waals surface area contributed by atoms with Crippen molar-refractivity contribution in [1.29, 1.82) is 0 Å². The number of nitrogens with zero attached hydrogens (tertiary/aromatic N) is 1. The molecule has 0 aliphatic heterocycles. The van der Waals surface area contributed by atoms with Crippen molar-refractivity contribution in [3.05, 3.63) is 39.9 Å². The van der Waals surface area contributed by atoms with E-state index in [1.54, 1.807) is 12.1 Å². The van der Waals surface area contributed by atoms with Gasteiger partial charge in [0.15, 0.2) is 5.13 Å². The summed E-state index contributed by atoms with van der Waals surface area (Å²) in [5.74, 6) is -0.259. The SMILES string of the molecule is Cc1ccc(NC(=O)c2cnc(N)s2)c(Cl)c1. The first-order valence-corrected chi connectivity index (χ1v) is 6.04. The molecular weight excluding hydrogens is 258 g/mol. The third-order valence-electron chi connectivity index (χ3n) is 2.12. The van der Waals surface area contributed by atoms with Gasteiger partial charge in [0.25, 0.3) is 5.91 Å². The van der Waals surface area contributed by atoms with Crippen LogP contribution in [0.2, 0.25) is 5.02 Å². The van der Waals surface area contributed by atoms with Gasteiger partial charge in [-0.15, -0.1) is 0 Å². The van der Waals surface area contributed by atoms with Gasteiger partial charge in [0.2, 0.25) is 0 Å². The zero-order chi connectivity index (χ0) is 12.4. The van der Waals surface area contributed by atoms with E-state index < -0.39 is 0 Å². The fourth-order valence-corrected chi connectivity index (χ4v) is 2.16. The molecule has 0 unspecified atom stereocenters. The lowest BCUT2D eigenvalue weighted by atomic mass is 10.2. The van der Waals surface area contributed by atoms with Crippen molar-refractivity contribution >= 4 is 39.7 Å². The monoisotopic (exact) mass is 267 g/mol. The van der Waals surface area contributed by atoms with Crippen molar-refractivity contribution in [2.75, 3.05) is 11.1 Å². The average molecular weight is 268 g/mol. The van der Waals surface area contributed by atoms with Crippen molar-refractivity contribution < 1.29 is 4.79 Å². The summed E-state index contributed by atoms with van der Waals surface area (Å²) >= 11 is 7.15. The van der Waals surface area contributed by atoms with E-state index in [0.717, 1.165) is 16.9 Å². The predicted octanol–water partition coefficient (Wildman–Crippen LogP) is 2.94. The molecule has 1 amide bonds. The summed E-state index contributed by atoms with van der Waals surface area (Å²) in [4.78, 5) is 16.1. The molecule has 1 aromatic carbocycles. The Labute approximate surface area is 107 Å². The number of aromatic nitrogens is 1. The molecule has 2 rings (SSSR count). The molecule has 88 valence electrons. The van der Waals surface area contributed by atoms with E-state index >= 15 is 0 Å². The highest BCUT2D eigenvalue weighted by Gasteiger charge is 2.11. The van der Waals surface area contributed by atoms with E-state index in [4.69, 9.17) is 17.3 Å². The maximum Gasteiger partial charge on any atom is 0.267 e. The van der Waals surface area contributed by atoms with Crippen LogP contribution in [-0.2, 0) is 0 Å². The first-order valence-electron chi connectivity index (χ1n) is 4.85. The maximum absolute atomic E-state index is 11.8. The molecule has 4 nitrogen and oxygen atoms in total. The smallest absolute Gasteiger partial charge is 0.267 e. The molecule has 6 heteroatoms. The number of carbonyl (C=O) groups is 1. The molecule has 0 saturated heterocycles. The van der Waals surface area contributed by atoms with Crippen molar-refractivity contribution in [1.82, 2.24) is 4.98 Å². The first-order chi connectivity index (χ1) is 8.06. The fraction of sp³-hybridized carbons (Fsp3) is 0.0909.